The van der Waals surface area contributed by atoms with Crippen LogP contribution in [0.1, 0.15) is 87.0 Å². The molecule has 5 aliphatic rings. The van der Waals surface area contributed by atoms with Gasteiger partial charge in [0, 0.05) is 64.6 Å². The van der Waals surface area contributed by atoms with Gasteiger partial charge in [-0.1, -0.05) is 268 Å². The summed E-state index contributed by atoms with van der Waals surface area (Å²) in [6.45, 7) is 4.79. The molecule has 406 valence electrons. The van der Waals surface area contributed by atoms with E-state index in [2.05, 4.69) is 314 Å². The summed E-state index contributed by atoms with van der Waals surface area (Å²) in [6.07, 6.45) is 2.31. The molecule has 0 bridgehead atoms. The minimum absolute atomic E-state index is 0.0127. The first-order chi connectivity index (χ1) is 41.9. The molecule has 0 saturated heterocycles. The largest absolute Gasteiger partial charge is 0.332 e. The van der Waals surface area contributed by atoms with Gasteiger partial charge in [-0.3, -0.25) is 0 Å². The van der Waals surface area contributed by atoms with Crippen LogP contribution in [0, 0.1) is 0 Å². The van der Waals surface area contributed by atoms with Crippen LogP contribution in [0.4, 0.5) is 28.4 Å². The topological polar surface area (TPSA) is 18.8 Å². The van der Waals surface area contributed by atoms with Gasteiger partial charge in [-0.2, -0.15) is 0 Å². The molecule has 3 heterocycles. The summed E-state index contributed by atoms with van der Waals surface area (Å²) < 4.78 is 7.44. The first kappa shape index (κ1) is 50.5. The maximum atomic E-state index is 5.52. The number of aliphatic imine (C=N–C) groups is 1. The lowest BCUT2D eigenvalue weighted by atomic mass is 9.67. The van der Waals surface area contributed by atoms with Gasteiger partial charge >= 0.3 is 0 Å². The number of hydrogen-bond donors (Lipinski definition) is 0. The normalized spacial score (nSPS) is 18.6. The lowest BCUT2D eigenvalue weighted by molar-refractivity contribution is 0.446. The zero-order chi connectivity index (χ0) is 56.5. The molecule has 12 aromatic carbocycles. The van der Waals surface area contributed by atoms with E-state index in [9.17, 15) is 0 Å². The second kappa shape index (κ2) is 19.8. The number of nitrogens with zero attached hydrogens (tertiary/aromatic N) is 3. The Kier molecular flexibility index (Phi) is 11.8. The van der Waals surface area contributed by atoms with Crippen molar-refractivity contribution in [2.45, 2.75) is 47.3 Å². The van der Waals surface area contributed by atoms with Crippen LogP contribution >= 0.6 is 30.6 Å². The minimum atomic E-state index is -2.21. The molecule has 3 aliphatic heterocycles. The number of anilines is 5. The number of allylic oxidation sites excluding steroid dienone is 1. The Bertz CT molecular complexity index is 4860. The van der Waals surface area contributed by atoms with E-state index < -0.39 is 18.9 Å². The standard InChI is InChI=1S/C80H58IN3S/c1-80(2)67-36-20-19-30-60(67)61-47-46-57(48-68(61)80)83(55-42-38-51(39-43-55)50-22-7-4-8-23-50)71-37-21-35-66-73-74-72-62-31-15-13-28-58(62)59-29-14-16-32-63(59)75(72)84(76(74)64-33-17-18-34-65(64)78(73)85-77(66)71)56-44-40-54(41-45-56)79-81(3)69(52-24-9-5-10-25-52)49-70(82-79)53-26-11-6-12-27-53/h4-49,73-74,76,78H,3H2,1-2H3. The van der Waals surface area contributed by atoms with Crippen LogP contribution < -0.4 is 9.80 Å². The molecular weight excluding hydrogens is 1160 g/mol. The Morgan fingerprint density at radius 1 is 0.471 bits per heavy atom. The van der Waals surface area contributed by atoms with Gasteiger partial charge in [0.15, 0.2) is 0 Å². The number of rotatable bonds is 8. The third-order valence-corrected chi connectivity index (χ3v) is 24.8. The van der Waals surface area contributed by atoms with Gasteiger partial charge in [-0.25, -0.2) is 4.99 Å². The average Bonchev–Trinajstić information content (AvgIpc) is 1.62. The molecule has 2 aliphatic carbocycles. The maximum absolute atomic E-state index is 5.52. The molecule has 0 fully saturated rings. The Morgan fingerprint density at radius 2 is 1.04 bits per heavy atom. The van der Waals surface area contributed by atoms with Crippen molar-refractivity contribution in [2.24, 2.45) is 4.99 Å². The first-order valence-corrected chi connectivity index (χ1v) is 34.1. The van der Waals surface area contributed by atoms with Crippen LogP contribution in [0.25, 0.3) is 47.4 Å². The average molecular weight is 1220 g/mol. The van der Waals surface area contributed by atoms with Gasteiger partial charge in [0.05, 0.1) is 26.8 Å². The molecule has 0 amide bonds. The number of thioether (sulfide) groups is 1. The number of fused-ring (bicyclic) bond motifs is 18. The van der Waals surface area contributed by atoms with Crippen LogP contribution in [-0.2, 0) is 5.41 Å². The van der Waals surface area contributed by atoms with Crippen LogP contribution in [0.3, 0.4) is 0 Å². The van der Waals surface area contributed by atoms with E-state index in [1.807, 2.05) is 0 Å². The fourth-order valence-electron chi connectivity index (χ4n) is 15.0. The van der Waals surface area contributed by atoms with Crippen molar-refractivity contribution in [3.05, 3.63) is 329 Å². The van der Waals surface area contributed by atoms with Crippen LogP contribution in [-0.4, -0.2) is 13.9 Å². The van der Waals surface area contributed by atoms with Crippen molar-refractivity contribution in [2.75, 3.05) is 9.80 Å². The molecule has 0 aromatic heterocycles. The van der Waals surface area contributed by atoms with Gasteiger partial charge in [0.1, 0.15) is 0 Å². The third kappa shape index (κ3) is 7.82. The molecule has 12 aromatic rings. The third-order valence-electron chi connectivity index (χ3n) is 18.8. The Morgan fingerprint density at radius 3 is 1.78 bits per heavy atom. The predicted molar refractivity (Wildman–Crippen MR) is 370 cm³/mol. The highest BCUT2D eigenvalue weighted by atomic mass is 127. The van der Waals surface area contributed by atoms with Crippen molar-refractivity contribution < 1.29 is 0 Å². The highest BCUT2D eigenvalue weighted by Crippen LogP contribution is 2.73. The second-order valence-corrected chi connectivity index (χ2v) is 29.1. The van der Waals surface area contributed by atoms with Crippen molar-refractivity contribution in [1.29, 1.82) is 0 Å². The smallest absolute Gasteiger partial charge is 0.0985 e. The van der Waals surface area contributed by atoms with E-state index in [4.69, 9.17) is 9.51 Å². The molecule has 0 saturated carbocycles. The highest BCUT2D eigenvalue weighted by molar-refractivity contribution is 14.2. The van der Waals surface area contributed by atoms with Gasteiger partial charge in [-0.05, 0) is 126 Å². The summed E-state index contributed by atoms with van der Waals surface area (Å²) in [4.78, 5) is 12.2. The van der Waals surface area contributed by atoms with Gasteiger partial charge < -0.3 is 9.80 Å². The van der Waals surface area contributed by atoms with E-state index in [1.165, 1.54) is 114 Å². The van der Waals surface area contributed by atoms with E-state index in [0.717, 1.165) is 26.2 Å². The van der Waals surface area contributed by atoms with Crippen molar-refractivity contribution >= 4 is 98.1 Å². The lowest BCUT2D eigenvalue weighted by Gasteiger charge is -2.41. The highest BCUT2D eigenvalue weighted by Gasteiger charge is 2.56. The molecule has 5 heteroatoms. The van der Waals surface area contributed by atoms with E-state index >= 15 is 0 Å². The fraction of sp³-hybridized carbons (Fsp3) is 0.0875. The lowest BCUT2D eigenvalue weighted by Crippen LogP contribution is -2.31. The maximum Gasteiger partial charge on any atom is 0.0985 e. The molecule has 17 rings (SSSR count). The Hall–Kier alpha value is -9.01. The van der Waals surface area contributed by atoms with Crippen LogP contribution in [0.15, 0.2) is 289 Å². The first-order valence-electron chi connectivity index (χ1n) is 29.6. The Balaban J connectivity index is 0.851. The number of benzene rings is 12. The molecule has 0 N–H and O–H groups in total. The quantitative estimate of drug-likeness (QED) is 0.112. The molecule has 0 radical (unpaired) electrons. The summed E-state index contributed by atoms with van der Waals surface area (Å²) in [5.74, 6) is 0.279. The molecule has 4 unspecified atom stereocenters. The monoisotopic (exact) mass is 1220 g/mol. The zero-order valence-corrected chi connectivity index (χ0v) is 50.2. The fourth-order valence-corrected chi connectivity index (χ4v) is 20.7. The van der Waals surface area contributed by atoms with Crippen LogP contribution in [0.5, 0.6) is 0 Å². The summed E-state index contributed by atoms with van der Waals surface area (Å²) in [5.41, 5.74) is 23.9. The van der Waals surface area contributed by atoms with Crippen LogP contribution in [0.2, 0.25) is 0 Å². The zero-order valence-electron chi connectivity index (χ0n) is 47.2. The van der Waals surface area contributed by atoms with Crippen molar-refractivity contribution in [1.82, 2.24) is 0 Å². The minimum Gasteiger partial charge on any atom is -0.332 e. The van der Waals surface area contributed by atoms with E-state index in [-0.39, 0.29) is 28.5 Å². The number of halogens is 1. The summed E-state index contributed by atoms with van der Waals surface area (Å²) >= 11 is -0.128. The number of hydrogen-bond acceptors (Lipinski definition) is 4. The van der Waals surface area contributed by atoms with Crippen molar-refractivity contribution in [3.63, 3.8) is 0 Å². The Labute approximate surface area is 507 Å². The second-order valence-electron chi connectivity index (χ2n) is 23.7. The molecule has 85 heavy (non-hydrogen) atoms. The molecule has 3 nitrogen and oxygen atoms in total. The molecule has 4 atom stereocenters. The van der Waals surface area contributed by atoms with E-state index in [1.54, 1.807) is 0 Å². The predicted octanol–water partition coefficient (Wildman–Crippen LogP) is 21.3. The summed E-state index contributed by atoms with van der Waals surface area (Å²) in [7, 11) is 0. The SMILES string of the molecule is C=I1=C(c2ccc(N3c4c(c5ccccc5c5ccccc45)C4C5c6cccc(N(c7ccc(-c8ccccc8)cc7)c7ccc8c(c7)C(C)(C)c7ccccc7-8)c6SC5c5ccccc5C43)cc2)N=C(c2ccccc2)C=C1c1ccccc1. The molecular formula is C80H58IN3S. The van der Waals surface area contributed by atoms with Gasteiger partial charge in [0.25, 0.3) is 0 Å². The van der Waals surface area contributed by atoms with Gasteiger partial charge in [0.2, 0.25) is 0 Å². The van der Waals surface area contributed by atoms with E-state index in [0.29, 0.717) is 0 Å². The summed E-state index contributed by atoms with van der Waals surface area (Å²) in [5, 5.41) is 5.40. The van der Waals surface area contributed by atoms with Crippen molar-refractivity contribution in [3.8, 4) is 22.3 Å². The summed E-state index contributed by atoms with van der Waals surface area (Å²) in [6, 6.07) is 102. The van der Waals surface area contributed by atoms with Gasteiger partial charge in [-0.15, -0.1) is 11.8 Å². The molecule has 0 spiro atoms.